The van der Waals surface area contributed by atoms with E-state index in [4.69, 9.17) is 22.4 Å². The number of rotatable bonds is 2. The van der Waals surface area contributed by atoms with E-state index in [-0.39, 0.29) is 0 Å². The highest BCUT2D eigenvalue weighted by molar-refractivity contribution is 6.53. The third-order valence-electron chi connectivity index (χ3n) is 1.38. The first-order chi connectivity index (χ1) is 5.59. The number of benzene rings is 1. The molecule has 0 aliphatic rings. The van der Waals surface area contributed by atoms with Crippen LogP contribution in [0, 0.1) is 0 Å². The fraction of sp³-hybridized carbons (Fsp3) is 0.143. The molecule has 1 rings (SSSR count). The first kappa shape index (κ1) is 9.22. The lowest BCUT2D eigenvalue weighted by Gasteiger charge is -2.08. The highest BCUT2D eigenvalue weighted by atomic mass is 35.5. The summed E-state index contributed by atoms with van der Waals surface area (Å²) in [6, 6.07) is 5.07. The quantitative estimate of drug-likeness (QED) is 0.482. The van der Waals surface area contributed by atoms with Crippen molar-refractivity contribution in [2.75, 3.05) is 11.0 Å². The minimum absolute atomic E-state index is 0.531. The van der Waals surface area contributed by atoms with E-state index in [1.165, 1.54) is 0 Å². The van der Waals surface area contributed by atoms with Crippen LogP contribution in [0.25, 0.3) is 0 Å². The zero-order chi connectivity index (χ0) is 9.14. The fourth-order valence-electron chi connectivity index (χ4n) is 0.890. The van der Waals surface area contributed by atoms with Crippen LogP contribution in [-0.4, -0.2) is 12.1 Å². The lowest BCUT2D eigenvalue weighted by molar-refractivity contribution is 0.587. The smallest absolute Gasteiger partial charge is 0.406 e. The van der Waals surface area contributed by atoms with Gasteiger partial charge >= 0.3 is 7.05 Å². The molecule has 4 N–H and O–H groups in total. The van der Waals surface area contributed by atoms with Crippen LogP contribution in [0.2, 0.25) is 11.8 Å². The third kappa shape index (κ3) is 2.32. The topological polar surface area (TPSA) is 58.3 Å². The van der Waals surface area contributed by atoms with E-state index in [1.807, 2.05) is 0 Å². The average Bonchev–Trinajstić information content (AvgIpc) is 1.94. The van der Waals surface area contributed by atoms with E-state index in [0.717, 1.165) is 0 Å². The molecule has 64 valence electrons. The molecule has 1 aromatic rings. The van der Waals surface area contributed by atoms with Gasteiger partial charge in [-0.25, -0.2) is 0 Å². The average molecular weight is 184 g/mol. The Morgan fingerprint density at radius 2 is 2.25 bits per heavy atom. The Morgan fingerprint density at radius 1 is 1.58 bits per heavy atom. The third-order valence-corrected chi connectivity index (χ3v) is 1.61. The number of nitrogen functional groups attached to an aromatic ring is 1. The predicted molar refractivity (Wildman–Crippen MR) is 53.3 cm³/mol. The van der Waals surface area contributed by atoms with Crippen molar-refractivity contribution in [1.29, 1.82) is 0 Å². The number of halogens is 1. The maximum absolute atomic E-state index is 9.00. The predicted octanol–water partition coefficient (Wildman–Crippen LogP) is 1.44. The van der Waals surface area contributed by atoms with Crippen LogP contribution in [0.3, 0.4) is 0 Å². The lowest BCUT2D eigenvalue weighted by Crippen LogP contribution is -2.20. The normalized spacial score (nSPS) is 9.58. The molecular weight excluding hydrogens is 174 g/mol. The molecule has 0 spiro atoms. The Balaban J connectivity index is 2.86. The largest absolute Gasteiger partial charge is 0.433 e. The molecule has 0 aliphatic carbocycles. The van der Waals surface area contributed by atoms with Gasteiger partial charge in [-0.3, -0.25) is 0 Å². The van der Waals surface area contributed by atoms with Gasteiger partial charge in [-0.1, -0.05) is 11.6 Å². The Kier molecular flexibility index (Phi) is 2.84. The summed E-state index contributed by atoms with van der Waals surface area (Å²) in [4.78, 5) is 0. The maximum atomic E-state index is 9.00. The van der Waals surface area contributed by atoms with Crippen molar-refractivity contribution in [2.24, 2.45) is 0 Å². The van der Waals surface area contributed by atoms with E-state index in [0.29, 0.717) is 16.4 Å². The second kappa shape index (κ2) is 3.69. The van der Waals surface area contributed by atoms with Crippen molar-refractivity contribution < 1.29 is 5.02 Å². The number of nitrogens with two attached hydrogens (primary N) is 1. The number of hydrogen-bond acceptors (Lipinski definition) is 3. The van der Waals surface area contributed by atoms with Gasteiger partial charge in [0.15, 0.2) is 0 Å². The minimum Gasteiger partial charge on any atom is -0.433 e. The standard InChI is InChI=1S/C7H10BClN2O/c1-8(12)11-7-3-2-5(9)4-6(7)10/h2-4,11-12H,10H2,1H3. The van der Waals surface area contributed by atoms with Crippen LogP contribution in [0.1, 0.15) is 0 Å². The molecular formula is C7H10BClN2O. The number of hydrogen-bond donors (Lipinski definition) is 3. The number of anilines is 2. The summed E-state index contributed by atoms with van der Waals surface area (Å²) in [5.41, 5.74) is 6.83. The van der Waals surface area contributed by atoms with Crippen molar-refractivity contribution >= 4 is 30.0 Å². The van der Waals surface area contributed by atoms with Crippen LogP contribution in [0.15, 0.2) is 18.2 Å². The van der Waals surface area contributed by atoms with Crippen molar-refractivity contribution in [3.05, 3.63) is 23.2 Å². The van der Waals surface area contributed by atoms with E-state index in [1.54, 1.807) is 25.0 Å². The second-order valence-electron chi connectivity index (χ2n) is 2.55. The molecule has 12 heavy (non-hydrogen) atoms. The second-order valence-corrected chi connectivity index (χ2v) is 2.99. The molecule has 0 saturated carbocycles. The molecule has 0 amide bonds. The molecule has 0 radical (unpaired) electrons. The zero-order valence-corrected chi connectivity index (χ0v) is 7.47. The van der Waals surface area contributed by atoms with E-state index < -0.39 is 7.05 Å². The maximum Gasteiger partial charge on any atom is 0.406 e. The molecule has 0 atom stereocenters. The van der Waals surface area contributed by atoms with Gasteiger partial charge in [-0.05, 0) is 25.0 Å². The van der Waals surface area contributed by atoms with Gasteiger partial charge in [0.1, 0.15) is 0 Å². The lowest BCUT2D eigenvalue weighted by atomic mass is 9.88. The Hall–Kier alpha value is -0.865. The highest BCUT2D eigenvalue weighted by Crippen LogP contribution is 2.22. The molecule has 0 heterocycles. The summed E-state index contributed by atoms with van der Waals surface area (Å²) >= 11 is 5.68. The van der Waals surface area contributed by atoms with Crippen LogP contribution in [0.4, 0.5) is 11.4 Å². The van der Waals surface area contributed by atoms with Crippen molar-refractivity contribution in [3.8, 4) is 0 Å². The number of nitrogens with one attached hydrogen (secondary N) is 1. The summed E-state index contributed by atoms with van der Waals surface area (Å²) in [6.45, 7) is 1.62. The highest BCUT2D eigenvalue weighted by Gasteiger charge is 2.05. The van der Waals surface area contributed by atoms with E-state index >= 15 is 0 Å². The molecule has 0 aromatic heterocycles. The molecule has 5 heteroatoms. The van der Waals surface area contributed by atoms with Crippen LogP contribution in [-0.2, 0) is 0 Å². The summed E-state index contributed by atoms with van der Waals surface area (Å²) in [5.74, 6) is 0. The molecule has 0 fully saturated rings. The Labute approximate surface area is 76.7 Å². The van der Waals surface area contributed by atoms with Crippen LogP contribution < -0.4 is 11.0 Å². The van der Waals surface area contributed by atoms with Gasteiger partial charge in [0.2, 0.25) is 0 Å². The first-order valence-corrected chi connectivity index (χ1v) is 3.97. The molecule has 0 saturated heterocycles. The molecule has 0 aliphatic heterocycles. The van der Waals surface area contributed by atoms with E-state index in [9.17, 15) is 0 Å². The summed E-state index contributed by atoms with van der Waals surface area (Å²) < 4.78 is 0. The zero-order valence-electron chi connectivity index (χ0n) is 6.71. The summed E-state index contributed by atoms with van der Waals surface area (Å²) in [6.07, 6.45) is 0. The fourth-order valence-corrected chi connectivity index (χ4v) is 1.07. The molecule has 3 nitrogen and oxygen atoms in total. The minimum atomic E-state index is -0.617. The monoisotopic (exact) mass is 184 g/mol. The van der Waals surface area contributed by atoms with Gasteiger partial charge in [0, 0.05) is 10.7 Å². The van der Waals surface area contributed by atoms with Gasteiger partial charge in [-0.15, -0.1) is 0 Å². The first-order valence-electron chi connectivity index (χ1n) is 3.59. The van der Waals surface area contributed by atoms with Crippen molar-refractivity contribution in [1.82, 2.24) is 0 Å². The van der Waals surface area contributed by atoms with Crippen LogP contribution in [0.5, 0.6) is 0 Å². The van der Waals surface area contributed by atoms with Gasteiger partial charge in [0.05, 0.1) is 5.69 Å². The van der Waals surface area contributed by atoms with E-state index in [2.05, 4.69) is 5.23 Å². The SMILES string of the molecule is CB(O)Nc1ccc(Cl)cc1N. The molecule has 1 aromatic carbocycles. The summed E-state index contributed by atoms with van der Waals surface area (Å²) in [7, 11) is -0.617. The van der Waals surface area contributed by atoms with Crippen LogP contribution >= 0.6 is 11.6 Å². The van der Waals surface area contributed by atoms with Gasteiger partial charge in [0.25, 0.3) is 0 Å². The summed E-state index contributed by atoms with van der Waals surface area (Å²) in [5, 5.41) is 12.4. The van der Waals surface area contributed by atoms with Gasteiger partial charge in [-0.2, -0.15) is 0 Å². The molecule has 0 bridgehead atoms. The van der Waals surface area contributed by atoms with Gasteiger partial charge < -0.3 is 16.0 Å². The van der Waals surface area contributed by atoms with Crippen molar-refractivity contribution in [3.63, 3.8) is 0 Å². The molecule has 0 unspecified atom stereocenters. The van der Waals surface area contributed by atoms with Crippen molar-refractivity contribution in [2.45, 2.75) is 6.82 Å². The Morgan fingerprint density at radius 3 is 2.75 bits per heavy atom. The Bertz CT molecular complexity index is 280.